The van der Waals surface area contributed by atoms with Crippen molar-refractivity contribution in [2.75, 3.05) is 11.1 Å². The second kappa shape index (κ2) is 8.06. The number of nitrogens with one attached hydrogen (secondary N) is 1. The molecule has 1 aromatic heterocycles. The Morgan fingerprint density at radius 3 is 2.73 bits per heavy atom. The maximum Gasteiger partial charge on any atom is 0.236 e. The van der Waals surface area contributed by atoms with E-state index in [2.05, 4.69) is 28.5 Å². The summed E-state index contributed by atoms with van der Waals surface area (Å²) in [7, 11) is 0. The summed E-state index contributed by atoms with van der Waals surface area (Å²) < 4.78 is 0. The molecule has 1 heterocycles. The van der Waals surface area contributed by atoms with Crippen molar-refractivity contribution >= 4 is 34.1 Å². The molecule has 0 radical (unpaired) electrons. The normalized spacial score (nSPS) is 13.2. The van der Waals surface area contributed by atoms with Crippen LogP contribution in [0.4, 0.5) is 5.13 Å². The predicted octanol–water partition coefficient (Wildman–Crippen LogP) is 5.42. The molecule has 4 rings (SSSR count). The molecule has 0 atom stereocenters. The molecule has 0 spiro atoms. The highest BCUT2D eigenvalue weighted by Crippen LogP contribution is 2.29. The first-order valence-electron chi connectivity index (χ1n) is 8.83. The topological polar surface area (TPSA) is 42.0 Å². The monoisotopic (exact) mass is 380 g/mol. The lowest BCUT2D eigenvalue weighted by Crippen LogP contribution is -2.13. The smallest absolute Gasteiger partial charge is 0.236 e. The van der Waals surface area contributed by atoms with Crippen LogP contribution in [0.25, 0.3) is 11.3 Å². The van der Waals surface area contributed by atoms with E-state index in [0.717, 1.165) is 22.6 Å². The van der Waals surface area contributed by atoms with Gasteiger partial charge in [-0.25, -0.2) is 4.98 Å². The molecule has 0 aliphatic heterocycles. The van der Waals surface area contributed by atoms with E-state index in [1.807, 2.05) is 35.7 Å². The van der Waals surface area contributed by atoms with E-state index in [4.69, 9.17) is 0 Å². The molecule has 26 heavy (non-hydrogen) atoms. The summed E-state index contributed by atoms with van der Waals surface area (Å²) in [5.41, 5.74) is 5.00. The molecule has 0 fully saturated rings. The lowest BCUT2D eigenvalue weighted by atomic mass is 9.90. The number of thioether (sulfide) groups is 1. The van der Waals surface area contributed by atoms with Crippen molar-refractivity contribution in [1.82, 2.24) is 4.98 Å². The van der Waals surface area contributed by atoms with Gasteiger partial charge in [0.1, 0.15) is 0 Å². The van der Waals surface area contributed by atoms with E-state index in [-0.39, 0.29) is 5.91 Å². The number of anilines is 1. The van der Waals surface area contributed by atoms with E-state index in [0.29, 0.717) is 10.9 Å². The van der Waals surface area contributed by atoms with E-state index in [9.17, 15) is 4.79 Å². The molecular weight excluding hydrogens is 360 g/mol. The van der Waals surface area contributed by atoms with Gasteiger partial charge in [-0.15, -0.1) is 23.1 Å². The lowest BCUT2D eigenvalue weighted by Gasteiger charge is -2.16. The molecule has 0 saturated carbocycles. The second-order valence-electron chi connectivity index (χ2n) is 6.38. The average molecular weight is 381 g/mol. The summed E-state index contributed by atoms with van der Waals surface area (Å²) in [6.45, 7) is 0. The number of amides is 1. The zero-order valence-corrected chi connectivity index (χ0v) is 16.0. The largest absolute Gasteiger partial charge is 0.301 e. The van der Waals surface area contributed by atoms with Crippen molar-refractivity contribution in [3.05, 3.63) is 65.0 Å². The Balaban J connectivity index is 1.39. The minimum absolute atomic E-state index is 0.0230. The van der Waals surface area contributed by atoms with Crippen molar-refractivity contribution in [1.29, 1.82) is 0 Å². The first-order chi connectivity index (χ1) is 12.8. The number of rotatable bonds is 5. The molecule has 0 bridgehead atoms. The SMILES string of the molecule is O=C(CSc1ccccc1)Nc1nc(-c2ccc3c(c2)CCCC3)cs1. The molecule has 0 unspecified atom stereocenters. The molecule has 1 amide bonds. The van der Waals surface area contributed by atoms with Crippen molar-refractivity contribution in [3.63, 3.8) is 0 Å². The molecule has 1 aliphatic rings. The van der Waals surface area contributed by atoms with Gasteiger partial charge in [0.15, 0.2) is 5.13 Å². The van der Waals surface area contributed by atoms with E-state index in [1.165, 1.54) is 53.5 Å². The molecule has 2 aromatic carbocycles. The fourth-order valence-corrected chi connectivity index (χ4v) is 4.63. The van der Waals surface area contributed by atoms with Gasteiger partial charge in [0.2, 0.25) is 5.91 Å². The average Bonchev–Trinajstić information content (AvgIpc) is 3.15. The van der Waals surface area contributed by atoms with Crippen molar-refractivity contribution in [2.45, 2.75) is 30.6 Å². The van der Waals surface area contributed by atoms with Crippen molar-refractivity contribution < 1.29 is 4.79 Å². The van der Waals surface area contributed by atoms with Crippen LogP contribution >= 0.6 is 23.1 Å². The first-order valence-corrected chi connectivity index (χ1v) is 10.7. The number of thiazole rings is 1. The highest BCUT2D eigenvalue weighted by atomic mass is 32.2. The van der Waals surface area contributed by atoms with Crippen molar-refractivity contribution in [2.24, 2.45) is 0 Å². The van der Waals surface area contributed by atoms with Gasteiger partial charge in [0, 0.05) is 15.8 Å². The number of fused-ring (bicyclic) bond motifs is 1. The fraction of sp³-hybridized carbons (Fsp3) is 0.238. The summed E-state index contributed by atoms with van der Waals surface area (Å²) in [6.07, 6.45) is 4.91. The molecule has 1 N–H and O–H groups in total. The van der Waals surface area contributed by atoms with E-state index in [1.54, 1.807) is 0 Å². The van der Waals surface area contributed by atoms with Crippen LogP contribution in [0.5, 0.6) is 0 Å². The van der Waals surface area contributed by atoms with Crippen LogP contribution in [0, 0.1) is 0 Å². The zero-order valence-electron chi connectivity index (χ0n) is 14.4. The van der Waals surface area contributed by atoms with Crippen molar-refractivity contribution in [3.8, 4) is 11.3 Å². The highest BCUT2D eigenvalue weighted by molar-refractivity contribution is 8.00. The Hall–Kier alpha value is -2.11. The molecule has 1 aliphatic carbocycles. The van der Waals surface area contributed by atoms with Gasteiger partial charge in [-0.3, -0.25) is 4.79 Å². The van der Waals surface area contributed by atoms with Gasteiger partial charge < -0.3 is 5.32 Å². The summed E-state index contributed by atoms with van der Waals surface area (Å²) in [5, 5.41) is 5.59. The Labute approximate surface area is 161 Å². The maximum atomic E-state index is 12.2. The molecule has 3 nitrogen and oxygen atoms in total. The Morgan fingerprint density at radius 1 is 1.08 bits per heavy atom. The van der Waals surface area contributed by atoms with Gasteiger partial charge in [-0.2, -0.15) is 0 Å². The lowest BCUT2D eigenvalue weighted by molar-refractivity contribution is -0.113. The third-order valence-corrected chi connectivity index (χ3v) is 6.28. The highest BCUT2D eigenvalue weighted by Gasteiger charge is 2.13. The summed E-state index contributed by atoms with van der Waals surface area (Å²) >= 11 is 3.01. The number of aryl methyl sites for hydroxylation is 2. The Morgan fingerprint density at radius 2 is 1.88 bits per heavy atom. The minimum atomic E-state index is -0.0230. The quantitative estimate of drug-likeness (QED) is 0.601. The van der Waals surface area contributed by atoms with Crippen LogP contribution in [-0.2, 0) is 17.6 Å². The van der Waals surface area contributed by atoms with E-state index < -0.39 is 0 Å². The van der Waals surface area contributed by atoms with Gasteiger partial charge in [0.25, 0.3) is 0 Å². The molecule has 5 heteroatoms. The Kier molecular flexibility index (Phi) is 5.37. The molecule has 3 aromatic rings. The van der Waals surface area contributed by atoms with E-state index >= 15 is 0 Å². The summed E-state index contributed by atoms with van der Waals surface area (Å²) in [6, 6.07) is 16.6. The predicted molar refractivity (Wildman–Crippen MR) is 110 cm³/mol. The number of benzene rings is 2. The van der Waals surface area contributed by atoms with Gasteiger partial charge in [-0.05, 0) is 55.0 Å². The van der Waals surface area contributed by atoms with Gasteiger partial charge >= 0.3 is 0 Å². The molecule has 132 valence electrons. The van der Waals surface area contributed by atoms with Gasteiger partial charge in [-0.1, -0.05) is 30.3 Å². The number of carbonyl (C=O) groups excluding carboxylic acids is 1. The van der Waals surface area contributed by atoms with Crippen LogP contribution in [-0.4, -0.2) is 16.6 Å². The third kappa shape index (κ3) is 4.17. The standard InChI is InChI=1S/C21H20N2OS2/c24-20(14-25-18-8-2-1-3-9-18)23-21-22-19(13-26-21)17-11-10-15-6-4-5-7-16(15)12-17/h1-3,8-13H,4-7,14H2,(H,22,23,24). The zero-order chi connectivity index (χ0) is 17.8. The van der Waals surface area contributed by atoms with Crippen LogP contribution in [0.1, 0.15) is 24.0 Å². The number of nitrogens with zero attached hydrogens (tertiary/aromatic N) is 1. The van der Waals surface area contributed by atoms with Crippen LogP contribution < -0.4 is 5.32 Å². The minimum Gasteiger partial charge on any atom is -0.301 e. The number of hydrogen-bond donors (Lipinski definition) is 1. The number of hydrogen-bond acceptors (Lipinski definition) is 4. The molecular formula is C21H20N2OS2. The van der Waals surface area contributed by atoms with Gasteiger partial charge in [0.05, 0.1) is 11.4 Å². The maximum absolute atomic E-state index is 12.2. The Bertz CT molecular complexity index is 905. The second-order valence-corrected chi connectivity index (χ2v) is 8.29. The number of carbonyl (C=O) groups is 1. The number of aromatic nitrogens is 1. The summed E-state index contributed by atoms with van der Waals surface area (Å²) in [4.78, 5) is 17.9. The fourth-order valence-electron chi connectivity index (χ4n) is 3.18. The van der Waals surface area contributed by atoms with Crippen LogP contribution in [0.3, 0.4) is 0 Å². The first kappa shape index (κ1) is 17.3. The van der Waals surface area contributed by atoms with Crippen LogP contribution in [0.15, 0.2) is 58.8 Å². The van der Waals surface area contributed by atoms with Crippen LogP contribution in [0.2, 0.25) is 0 Å². The third-order valence-electron chi connectivity index (χ3n) is 4.51. The summed E-state index contributed by atoms with van der Waals surface area (Å²) in [5.74, 6) is 0.364. The molecule has 0 saturated heterocycles.